The molecule has 7 nitrogen and oxygen atoms in total. The van der Waals surface area contributed by atoms with Gasteiger partial charge >= 0.3 is 0 Å². The zero-order valence-electron chi connectivity index (χ0n) is 15.5. The van der Waals surface area contributed by atoms with Gasteiger partial charge in [0.2, 0.25) is 5.91 Å². The number of nitrogens with one attached hydrogen (secondary N) is 1. The Kier molecular flexibility index (Phi) is 4.51. The van der Waals surface area contributed by atoms with Gasteiger partial charge in [0.15, 0.2) is 0 Å². The van der Waals surface area contributed by atoms with Gasteiger partial charge in [0.05, 0.1) is 11.7 Å². The molecule has 0 fully saturated rings. The maximum absolute atomic E-state index is 12.9. The Bertz CT molecular complexity index is 1070. The van der Waals surface area contributed by atoms with Crippen LogP contribution in [-0.2, 0) is 24.2 Å². The molecule has 0 aliphatic heterocycles. The van der Waals surface area contributed by atoms with Crippen LogP contribution in [-0.4, -0.2) is 20.6 Å². The number of hydrogen-bond acceptors (Lipinski definition) is 5. The summed E-state index contributed by atoms with van der Waals surface area (Å²) in [5.74, 6) is 0.326. The Morgan fingerprint density at radius 1 is 1.37 bits per heavy atom. The van der Waals surface area contributed by atoms with Crippen LogP contribution in [0.2, 0.25) is 0 Å². The van der Waals surface area contributed by atoms with E-state index in [4.69, 9.17) is 4.52 Å². The lowest BCUT2D eigenvalue weighted by Gasteiger charge is -2.26. The molecule has 0 bridgehead atoms. The normalized spacial score (nSPS) is 16.3. The first-order valence-electron chi connectivity index (χ1n) is 9.31. The van der Waals surface area contributed by atoms with E-state index in [2.05, 4.69) is 27.6 Å². The van der Waals surface area contributed by atoms with Gasteiger partial charge in [-0.1, -0.05) is 36.3 Å². The van der Waals surface area contributed by atoms with E-state index >= 15 is 0 Å². The highest BCUT2D eigenvalue weighted by atomic mass is 16.5. The first-order chi connectivity index (χ1) is 13.1. The van der Waals surface area contributed by atoms with Crippen LogP contribution in [0.15, 0.2) is 33.6 Å². The molecule has 1 aliphatic rings. The van der Waals surface area contributed by atoms with Gasteiger partial charge < -0.3 is 9.84 Å². The summed E-state index contributed by atoms with van der Waals surface area (Å²) in [7, 11) is 0. The number of nitrogens with zero attached hydrogens (tertiary/aromatic N) is 3. The fourth-order valence-electron chi connectivity index (χ4n) is 3.83. The zero-order valence-corrected chi connectivity index (χ0v) is 15.5. The lowest BCUT2D eigenvalue weighted by molar-refractivity contribution is -0.122. The van der Waals surface area contributed by atoms with Crippen LogP contribution in [0, 0.1) is 6.92 Å². The molecule has 3 aromatic rings. The number of carbonyl (C=O) groups excluding carboxylic acids is 1. The maximum atomic E-state index is 12.9. The molecule has 1 N–H and O–H groups in total. The Labute approximate surface area is 156 Å². The Morgan fingerprint density at radius 3 is 3.00 bits per heavy atom. The number of rotatable bonds is 4. The van der Waals surface area contributed by atoms with Crippen LogP contribution < -0.4 is 10.9 Å². The fourth-order valence-corrected chi connectivity index (χ4v) is 3.83. The molecule has 2 heterocycles. The molecule has 1 aromatic carbocycles. The summed E-state index contributed by atoms with van der Waals surface area (Å²) >= 11 is 0. The third-order valence-corrected chi connectivity index (χ3v) is 5.17. The highest BCUT2D eigenvalue weighted by Crippen LogP contribution is 2.29. The third-order valence-electron chi connectivity index (χ3n) is 5.17. The number of benzene rings is 1. The summed E-state index contributed by atoms with van der Waals surface area (Å²) in [6, 6.07) is 8.18. The van der Waals surface area contributed by atoms with E-state index in [9.17, 15) is 9.59 Å². The van der Waals surface area contributed by atoms with Gasteiger partial charge in [-0.3, -0.25) is 14.2 Å². The topological polar surface area (TPSA) is 90.0 Å². The van der Waals surface area contributed by atoms with Crippen LogP contribution in [0.3, 0.4) is 0 Å². The second-order valence-corrected chi connectivity index (χ2v) is 6.93. The predicted octanol–water partition coefficient (Wildman–Crippen LogP) is 2.45. The number of fused-ring (bicyclic) bond motifs is 2. The molecule has 7 heteroatoms. The lowest BCUT2D eigenvalue weighted by Crippen LogP contribution is -2.37. The molecule has 4 rings (SSSR count). The molecule has 2 aromatic heterocycles. The second-order valence-electron chi connectivity index (χ2n) is 6.93. The molecule has 0 saturated carbocycles. The Hall–Kier alpha value is -2.96. The van der Waals surface area contributed by atoms with Crippen LogP contribution in [0.4, 0.5) is 0 Å². The predicted molar refractivity (Wildman–Crippen MR) is 100 cm³/mol. The molecule has 1 atom stereocenters. The summed E-state index contributed by atoms with van der Waals surface area (Å²) < 4.78 is 6.54. The molecule has 0 radical (unpaired) electrons. The van der Waals surface area contributed by atoms with E-state index in [1.807, 2.05) is 19.1 Å². The minimum Gasteiger partial charge on any atom is -0.348 e. The van der Waals surface area contributed by atoms with Crippen molar-refractivity contribution in [1.82, 2.24) is 20.0 Å². The summed E-state index contributed by atoms with van der Waals surface area (Å²) in [5, 5.41) is 7.25. The smallest absolute Gasteiger partial charge is 0.267 e. The van der Waals surface area contributed by atoms with E-state index in [-0.39, 0.29) is 29.8 Å². The van der Waals surface area contributed by atoms with Crippen molar-refractivity contribution in [2.45, 2.75) is 52.1 Å². The van der Waals surface area contributed by atoms with Crippen LogP contribution in [0.25, 0.3) is 11.1 Å². The van der Waals surface area contributed by atoms with Gasteiger partial charge in [-0.25, -0.2) is 0 Å². The minimum absolute atomic E-state index is 0.0164. The molecule has 0 spiro atoms. The van der Waals surface area contributed by atoms with Gasteiger partial charge in [0, 0.05) is 6.42 Å². The summed E-state index contributed by atoms with van der Waals surface area (Å²) in [6.07, 6.45) is 3.50. The van der Waals surface area contributed by atoms with Crippen molar-refractivity contribution >= 4 is 17.0 Å². The molecular weight excluding hydrogens is 344 g/mol. The number of hydrogen-bond donors (Lipinski definition) is 1. The molecular formula is C20H22N4O3. The van der Waals surface area contributed by atoms with Crippen molar-refractivity contribution in [3.63, 3.8) is 0 Å². The number of aryl methyl sites for hydroxylation is 3. The summed E-state index contributed by atoms with van der Waals surface area (Å²) in [6.45, 7) is 3.53. The monoisotopic (exact) mass is 366 g/mol. The van der Waals surface area contributed by atoms with E-state index in [0.29, 0.717) is 23.3 Å². The quantitative estimate of drug-likeness (QED) is 0.766. The molecule has 140 valence electrons. The van der Waals surface area contributed by atoms with Crippen molar-refractivity contribution < 1.29 is 9.32 Å². The van der Waals surface area contributed by atoms with Gasteiger partial charge in [-0.15, -0.1) is 0 Å². The zero-order chi connectivity index (χ0) is 19.0. The summed E-state index contributed by atoms with van der Waals surface area (Å²) in [4.78, 5) is 30.0. The van der Waals surface area contributed by atoms with Crippen molar-refractivity contribution in [3.8, 4) is 0 Å². The minimum atomic E-state index is -0.283. The van der Waals surface area contributed by atoms with Crippen molar-refractivity contribution in [3.05, 3.63) is 57.3 Å². The number of carbonyl (C=O) groups is 1. The average molecular weight is 366 g/mol. The van der Waals surface area contributed by atoms with E-state index in [0.717, 1.165) is 19.3 Å². The lowest BCUT2D eigenvalue weighted by atomic mass is 9.88. The number of aromatic nitrogens is 3. The van der Waals surface area contributed by atoms with Crippen LogP contribution in [0.1, 0.15) is 48.5 Å². The Balaban J connectivity index is 1.61. The van der Waals surface area contributed by atoms with Gasteiger partial charge in [0.1, 0.15) is 17.8 Å². The molecule has 1 amide bonds. The highest BCUT2D eigenvalue weighted by Gasteiger charge is 2.23. The van der Waals surface area contributed by atoms with Gasteiger partial charge in [-0.05, 0) is 37.3 Å². The fraction of sp³-hybridized carbons (Fsp3) is 0.400. The SMILES string of the molecule is CCc1nc2onc(C)c2c(=O)n1CC(=O)N[C@H]1CCCc2ccccc21. The highest BCUT2D eigenvalue weighted by molar-refractivity contribution is 5.78. The van der Waals surface area contributed by atoms with E-state index < -0.39 is 0 Å². The van der Waals surface area contributed by atoms with Crippen LogP contribution >= 0.6 is 0 Å². The first-order valence-corrected chi connectivity index (χ1v) is 9.31. The van der Waals surface area contributed by atoms with Crippen molar-refractivity contribution in [2.24, 2.45) is 0 Å². The molecule has 27 heavy (non-hydrogen) atoms. The summed E-state index contributed by atoms with van der Waals surface area (Å²) in [5.41, 5.74) is 2.88. The van der Waals surface area contributed by atoms with Crippen molar-refractivity contribution in [1.29, 1.82) is 0 Å². The number of amides is 1. The van der Waals surface area contributed by atoms with Gasteiger partial charge in [-0.2, -0.15) is 4.98 Å². The largest absolute Gasteiger partial charge is 0.348 e. The Morgan fingerprint density at radius 2 is 2.19 bits per heavy atom. The van der Waals surface area contributed by atoms with Gasteiger partial charge in [0.25, 0.3) is 11.3 Å². The average Bonchev–Trinajstić information content (AvgIpc) is 3.05. The first kappa shape index (κ1) is 17.5. The molecule has 0 saturated heterocycles. The van der Waals surface area contributed by atoms with Crippen molar-refractivity contribution in [2.75, 3.05) is 0 Å². The molecule has 1 aliphatic carbocycles. The second kappa shape index (κ2) is 6.98. The third kappa shape index (κ3) is 3.13. The van der Waals surface area contributed by atoms with Crippen LogP contribution in [0.5, 0.6) is 0 Å². The molecule has 0 unspecified atom stereocenters. The van der Waals surface area contributed by atoms with E-state index in [1.165, 1.54) is 15.7 Å². The van der Waals surface area contributed by atoms with E-state index in [1.54, 1.807) is 6.92 Å². The standard InChI is InChI=1S/C20H22N4O3/c1-3-16-22-19-18(12(2)23-27-19)20(26)24(16)11-17(25)21-15-10-6-8-13-7-4-5-9-14(13)15/h4-5,7,9,15H,3,6,8,10-11H2,1-2H3,(H,21,25)/t15-/m0/s1. The maximum Gasteiger partial charge on any atom is 0.267 e.